The number of amides is 1. The first kappa shape index (κ1) is 25.0. The van der Waals surface area contributed by atoms with E-state index in [9.17, 15) is 18.0 Å². The van der Waals surface area contributed by atoms with Crippen molar-refractivity contribution in [3.8, 4) is 5.75 Å². The fourth-order valence-corrected chi connectivity index (χ4v) is 6.48. The van der Waals surface area contributed by atoms with E-state index in [0.717, 1.165) is 10.4 Å². The van der Waals surface area contributed by atoms with E-state index in [2.05, 4.69) is 15.0 Å². The highest BCUT2D eigenvalue weighted by atomic mass is 35.5. The molecule has 2 aromatic carbocycles. The number of carbonyl (C=O) groups is 2. The first-order valence-electron chi connectivity index (χ1n) is 10.5. The molecule has 1 aliphatic rings. The minimum absolute atomic E-state index is 0.00728. The third-order valence-electron chi connectivity index (χ3n) is 5.55. The van der Waals surface area contributed by atoms with Crippen molar-refractivity contribution in [3.05, 3.63) is 63.1 Å². The van der Waals surface area contributed by atoms with Crippen molar-refractivity contribution in [2.75, 3.05) is 30.4 Å². The van der Waals surface area contributed by atoms with Crippen molar-refractivity contribution in [2.24, 2.45) is 0 Å². The third-order valence-corrected chi connectivity index (χ3v) is 8.54. The SMILES string of the molecule is COC(=O)Cc1nc(NC(=O)c2ccc3c(c2)N(S(=O)(=O)c2cc(Cl)ccc2OC)CC3)sc1C. The predicted molar refractivity (Wildman–Crippen MR) is 133 cm³/mol. The van der Waals surface area contributed by atoms with Gasteiger partial charge < -0.3 is 9.47 Å². The van der Waals surface area contributed by atoms with E-state index in [1.165, 1.54) is 42.0 Å². The quantitative estimate of drug-likeness (QED) is 0.457. The smallest absolute Gasteiger partial charge is 0.311 e. The van der Waals surface area contributed by atoms with Crippen molar-refractivity contribution in [1.29, 1.82) is 0 Å². The average molecular weight is 536 g/mol. The second-order valence-electron chi connectivity index (χ2n) is 7.69. The Balaban J connectivity index is 1.61. The third kappa shape index (κ3) is 4.97. The topological polar surface area (TPSA) is 115 Å². The summed E-state index contributed by atoms with van der Waals surface area (Å²) >= 11 is 7.30. The number of halogens is 1. The standard InChI is InChI=1S/C23H22ClN3O6S2/c1-13-17(12-21(28)33-3)25-23(34-13)26-22(29)15-5-4-14-8-9-27(18(14)10-15)35(30,31)20-11-16(24)6-7-19(20)32-2/h4-7,10-11H,8-9,12H2,1-3H3,(H,25,26,29). The molecular formula is C23H22ClN3O6S2. The molecule has 4 rings (SSSR count). The zero-order valence-corrected chi connectivity index (χ0v) is 21.5. The molecule has 184 valence electrons. The van der Waals surface area contributed by atoms with Gasteiger partial charge in [-0.3, -0.25) is 19.2 Å². The van der Waals surface area contributed by atoms with Gasteiger partial charge >= 0.3 is 5.97 Å². The van der Waals surface area contributed by atoms with Crippen LogP contribution in [0.5, 0.6) is 5.75 Å². The van der Waals surface area contributed by atoms with Crippen LogP contribution in [0.3, 0.4) is 0 Å². The van der Waals surface area contributed by atoms with E-state index in [-0.39, 0.29) is 34.2 Å². The summed E-state index contributed by atoms with van der Waals surface area (Å²) in [5.41, 5.74) is 2.02. The van der Waals surface area contributed by atoms with E-state index < -0.39 is 21.9 Å². The highest BCUT2D eigenvalue weighted by Gasteiger charge is 2.34. The molecule has 12 heteroatoms. The number of hydrogen-bond acceptors (Lipinski definition) is 8. The summed E-state index contributed by atoms with van der Waals surface area (Å²) in [4.78, 5) is 29.5. The predicted octanol–water partition coefficient (Wildman–Crippen LogP) is 3.83. The number of ether oxygens (including phenoxy) is 2. The van der Waals surface area contributed by atoms with Crippen LogP contribution in [0.25, 0.3) is 0 Å². The molecule has 0 aliphatic carbocycles. The van der Waals surface area contributed by atoms with Gasteiger partial charge in [0.2, 0.25) is 0 Å². The van der Waals surface area contributed by atoms with Crippen LogP contribution >= 0.6 is 22.9 Å². The fraction of sp³-hybridized carbons (Fsp3) is 0.261. The summed E-state index contributed by atoms with van der Waals surface area (Å²) in [6, 6.07) is 9.32. The number of fused-ring (bicyclic) bond motifs is 1. The van der Waals surface area contributed by atoms with Crippen molar-refractivity contribution in [3.63, 3.8) is 0 Å². The van der Waals surface area contributed by atoms with Gasteiger partial charge in [0.25, 0.3) is 15.9 Å². The van der Waals surface area contributed by atoms with Gasteiger partial charge in [-0.15, -0.1) is 11.3 Å². The lowest BCUT2D eigenvalue weighted by molar-refractivity contribution is -0.139. The molecule has 9 nitrogen and oxygen atoms in total. The average Bonchev–Trinajstić information content (AvgIpc) is 3.41. The number of sulfonamides is 1. The number of thiazole rings is 1. The van der Waals surface area contributed by atoms with Gasteiger partial charge in [0.15, 0.2) is 5.13 Å². The van der Waals surface area contributed by atoms with Crippen molar-refractivity contribution in [2.45, 2.75) is 24.7 Å². The van der Waals surface area contributed by atoms with Crippen LogP contribution in [0.1, 0.15) is 26.5 Å². The van der Waals surface area contributed by atoms with Crippen molar-refractivity contribution >= 4 is 55.7 Å². The number of carbonyl (C=O) groups excluding carboxylic acids is 2. The summed E-state index contributed by atoms with van der Waals surface area (Å²) < 4.78 is 38.2. The lowest BCUT2D eigenvalue weighted by Crippen LogP contribution is -2.29. The molecular weight excluding hydrogens is 514 g/mol. The lowest BCUT2D eigenvalue weighted by atomic mass is 10.1. The van der Waals surface area contributed by atoms with Crippen LogP contribution in [0, 0.1) is 6.92 Å². The van der Waals surface area contributed by atoms with Gasteiger partial charge in [-0.05, 0) is 49.2 Å². The van der Waals surface area contributed by atoms with Crippen LogP contribution in [-0.4, -0.2) is 46.0 Å². The molecule has 1 aliphatic heterocycles. The summed E-state index contributed by atoms with van der Waals surface area (Å²) in [6.07, 6.45) is 0.509. The maximum Gasteiger partial charge on any atom is 0.311 e. The van der Waals surface area contributed by atoms with E-state index in [1.54, 1.807) is 31.2 Å². The number of anilines is 2. The Labute approximate surface area is 211 Å². The summed E-state index contributed by atoms with van der Waals surface area (Å²) in [7, 11) is -1.31. The molecule has 1 amide bonds. The van der Waals surface area contributed by atoms with E-state index in [4.69, 9.17) is 16.3 Å². The van der Waals surface area contributed by atoms with Gasteiger partial charge in [0.1, 0.15) is 10.6 Å². The Morgan fingerprint density at radius 3 is 2.69 bits per heavy atom. The molecule has 0 unspecified atom stereocenters. The number of aromatic nitrogens is 1. The van der Waals surface area contributed by atoms with Gasteiger partial charge in [-0.1, -0.05) is 17.7 Å². The van der Waals surface area contributed by atoms with Crippen molar-refractivity contribution < 1.29 is 27.5 Å². The summed E-state index contributed by atoms with van der Waals surface area (Å²) in [6.45, 7) is 2.02. The lowest BCUT2D eigenvalue weighted by Gasteiger charge is -2.21. The van der Waals surface area contributed by atoms with Crippen LogP contribution in [-0.2, 0) is 32.4 Å². The molecule has 0 atom stereocenters. The second kappa shape index (κ2) is 9.84. The highest BCUT2D eigenvalue weighted by Crippen LogP contribution is 2.37. The van der Waals surface area contributed by atoms with Crippen LogP contribution in [0.4, 0.5) is 10.8 Å². The second-order valence-corrected chi connectivity index (χ2v) is 11.2. The number of hydrogen-bond donors (Lipinski definition) is 1. The number of rotatable bonds is 7. The summed E-state index contributed by atoms with van der Waals surface area (Å²) in [5.74, 6) is -0.693. The maximum absolute atomic E-state index is 13.5. The fourth-order valence-electron chi connectivity index (χ4n) is 3.74. The molecule has 1 N–H and O–H groups in total. The van der Waals surface area contributed by atoms with Gasteiger partial charge in [-0.2, -0.15) is 0 Å². The molecule has 0 saturated heterocycles. The number of aryl methyl sites for hydroxylation is 1. The van der Waals surface area contributed by atoms with Gasteiger partial charge in [-0.25, -0.2) is 13.4 Å². The molecule has 0 saturated carbocycles. The molecule has 35 heavy (non-hydrogen) atoms. The number of methoxy groups -OCH3 is 2. The summed E-state index contributed by atoms with van der Waals surface area (Å²) in [5, 5.41) is 3.32. The van der Waals surface area contributed by atoms with Crippen LogP contribution < -0.4 is 14.4 Å². The number of nitrogens with one attached hydrogen (secondary N) is 1. The number of esters is 1. The minimum atomic E-state index is -4.00. The molecule has 0 radical (unpaired) electrons. The minimum Gasteiger partial charge on any atom is -0.495 e. The molecule has 0 fully saturated rings. The Kier molecular flexibility index (Phi) is 7.02. The Morgan fingerprint density at radius 1 is 1.20 bits per heavy atom. The number of benzene rings is 2. The van der Waals surface area contributed by atoms with Crippen LogP contribution in [0.15, 0.2) is 41.3 Å². The van der Waals surface area contributed by atoms with Gasteiger partial charge in [0, 0.05) is 22.0 Å². The highest BCUT2D eigenvalue weighted by molar-refractivity contribution is 7.93. The van der Waals surface area contributed by atoms with E-state index >= 15 is 0 Å². The van der Waals surface area contributed by atoms with E-state index in [1.807, 2.05) is 0 Å². The zero-order valence-electron chi connectivity index (χ0n) is 19.1. The first-order chi connectivity index (χ1) is 16.6. The monoisotopic (exact) mass is 535 g/mol. The maximum atomic E-state index is 13.5. The normalized spacial score (nSPS) is 12.9. The molecule has 3 aromatic rings. The first-order valence-corrected chi connectivity index (χ1v) is 13.1. The Morgan fingerprint density at radius 2 is 1.97 bits per heavy atom. The largest absolute Gasteiger partial charge is 0.495 e. The van der Waals surface area contributed by atoms with Crippen LogP contribution in [0.2, 0.25) is 5.02 Å². The molecule has 1 aromatic heterocycles. The number of nitrogens with zero attached hydrogens (tertiary/aromatic N) is 2. The van der Waals surface area contributed by atoms with Gasteiger partial charge in [0.05, 0.1) is 32.0 Å². The Bertz CT molecular complexity index is 1420. The Hall–Kier alpha value is -3.15. The molecule has 0 bridgehead atoms. The van der Waals surface area contributed by atoms with E-state index in [0.29, 0.717) is 22.9 Å². The zero-order chi connectivity index (χ0) is 25.3. The molecule has 0 spiro atoms. The van der Waals surface area contributed by atoms with Crippen molar-refractivity contribution in [1.82, 2.24) is 4.98 Å². The molecule has 2 heterocycles.